The zero-order chi connectivity index (χ0) is 22.9. The zero-order valence-electron chi connectivity index (χ0n) is 20.2. The Morgan fingerprint density at radius 3 is 1.83 bits per heavy atom. The summed E-state index contributed by atoms with van der Waals surface area (Å²) in [6.45, 7) is 18.1. The van der Waals surface area contributed by atoms with E-state index in [4.69, 9.17) is 0 Å². The van der Waals surface area contributed by atoms with Crippen molar-refractivity contribution >= 4 is 11.6 Å². The molecule has 0 aromatic carbocycles. The van der Waals surface area contributed by atoms with E-state index in [-0.39, 0.29) is 43.7 Å². The molecule has 4 nitrogen and oxygen atoms in total. The molecule has 0 saturated carbocycles. The number of ketones is 2. The largest absolute Gasteiger partial charge is 0.393 e. The molecule has 6 atom stereocenters. The first-order valence-corrected chi connectivity index (χ1v) is 11.4. The Kier molecular flexibility index (Phi) is 15.5. The molecule has 0 aliphatic rings. The van der Waals surface area contributed by atoms with Gasteiger partial charge in [-0.2, -0.15) is 0 Å². The molecule has 0 spiro atoms. The van der Waals surface area contributed by atoms with E-state index >= 15 is 0 Å². The van der Waals surface area contributed by atoms with Crippen molar-refractivity contribution in [2.45, 2.75) is 108 Å². The van der Waals surface area contributed by atoms with Crippen LogP contribution in [0.25, 0.3) is 0 Å². The Balaban J connectivity index is 0. The van der Waals surface area contributed by atoms with Gasteiger partial charge in [-0.1, -0.05) is 75.3 Å². The van der Waals surface area contributed by atoms with Crippen molar-refractivity contribution in [1.29, 1.82) is 0 Å². The average molecular weight is 427 g/mol. The van der Waals surface area contributed by atoms with Crippen LogP contribution in [-0.2, 0) is 9.59 Å². The molecule has 30 heavy (non-hydrogen) atoms. The third-order valence-corrected chi connectivity index (χ3v) is 6.66. The molecule has 0 bridgehead atoms. The van der Waals surface area contributed by atoms with Crippen LogP contribution >= 0.6 is 0 Å². The second kappa shape index (κ2) is 14.9. The van der Waals surface area contributed by atoms with Crippen molar-refractivity contribution in [3.8, 4) is 0 Å². The Labute approximate surface area is 186 Å². The van der Waals surface area contributed by atoms with E-state index in [0.29, 0.717) is 29.7 Å². The monoisotopic (exact) mass is 426 g/mol. The van der Waals surface area contributed by atoms with Crippen molar-refractivity contribution in [2.75, 3.05) is 0 Å². The number of aliphatic hydroxyl groups is 2. The highest BCUT2D eigenvalue weighted by molar-refractivity contribution is 5.83. The Bertz CT molecular complexity index is 535. The molecule has 2 N–H and O–H groups in total. The summed E-state index contributed by atoms with van der Waals surface area (Å²) in [6.07, 6.45) is 2.14. The number of hydrogen-bond acceptors (Lipinski definition) is 4. The van der Waals surface area contributed by atoms with Crippen molar-refractivity contribution in [1.82, 2.24) is 0 Å². The molecule has 0 saturated heterocycles. The number of rotatable bonds is 14. The minimum absolute atomic E-state index is 0. The lowest BCUT2D eigenvalue weighted by Crippen LogP contribution is -2.27. The van der Waals surface area contributed by atoms with Crippen molar-refractivity contribution in [2.24, 2.45) is 35.5 Å². The third-order valence-electron chi connectivity index (χ3n) is 6.66. The van der Waals surface area contributed by atoms with Gasteiger partial charge in [-0.15, -0.1) is 0 Å². The van der Waals surface area contributed by atoms with E-state index in [2.05, 4.69) is 27.7 Å². The van der Waals surface area contributed by atoms with Crippen LogP contribution in [0.4, 0.5) is 0 Å². The third kappa shape index (κ3) is 10.9. The molecule has 178 valence electrons. The van der Waals surface area contributed by atoms with Gasteiger partial charge in [0.1, 0.15) is 11.6 Å². The van der Waals surface area contributed by atoms with Crippen LogP contribution < -0.4 is 0 Å². The number of aliphatic hydroxyl groups excluding tert-OH is 2. The summed E-state index contributed by atoms with van der Waals surface area (Å²) >= 11 is 0. The molecule has 0 amide bonds. The molecule has 0 aliphatic heterocycles. The van der Waals surface area contributed by atoms with Gasteiger partial charge in [0.05, 0.1) is 12.2 Å². The van der Waals surface area contributed by atoms with Gasteiger partial charge in [-0.3, -0.25) is 9.59 Å². The summed E-state index contributed by atoms with van der Waals surface area (Å²) in [5, 5.41) is 20.8. The van der Waals surface area contributed by atoms with Gasteiger partial charge < -0.3 is 10.2 Å². The van der Waals surface area contributed by atoms with Gasteiger partial charge in [0.2, 0.25) is 0 Å². The smallest absolute Gasteiger partial charge is 0.142 e. The minimum atomic E-state index is -0.861. The van der Waals surface area contributed by atoms with Gasteiger partial charge >= 0.3 is 0 Å². The van der Waals surface area contributed by atoms with E-state index in [1.165, 1.54) is 0 Å². The van der Waals surface area contributed by atoms with E-state index in [0.717, 1.165) is 6.42 Å². The standard InChI is InChI=1S/C25H46O4.CH4/c1-10-17(6)22(16(4)5)12-21(26)13-23(27)18(7)11-19(8)24(28)14-25(29)20(9)15(2)3;/h11,15-18,20-22,24,26,28H,10,12-14H2,1-9H3;1H4/b19-11+;. The summed E-state index contributed by atoms with van der Waals surface area (Å²) in [7, 11) is 0. The van der Waals surface area contributed by atoms with Gasteiger partial charge in [0.15, 0.2) is 0 Å². The van der Waals surface area contributed by atoms with Crippen LogP contribution in [0.1, 0.15) is 95.4 Å². The molecule has 0 fully saturated rings. The fourth-order valence-corrected chi connectivity index (χ4v) is 3.79. The van der Waals surface area contributed by atoms with Crippen LogP contribution in [0.2, 0.25) is 0 Å². The maximum Gasteiger partial charge on any atom is 0.142 e. The first kappa shape index (κ1) is 31.2. The van der Waals surface area contributed by atoms with Crippen molar-refractivity contribution < 1.29 is 19.8 Å². The summed E-state index contributed by atoms with van der Waals surface area (Å²) in [6, 6.07) is 0. The fraction of sp³-hybridized carbons (Fsp3) is 0.846. The lowest BCUT2D eigenvalue weighted by Gasteiger charge is -2.29. The first-order valence-electron chi connectivity index (χ1n) is 11.4. The molecular formula is C26H50O4. The van der Waals surface area contributed by atoms with Crippen molar-refractivity contribution in [3.63, 3.8) is 0 Å². The van der Waals surface area contributed by atoms with E-state index in [9.17, 15) is 19.8 Å². The topological polar surface area (TPSA) is 74.6 Å². The highest BCUT2D eigenvalue weighted by Gasteiger charge is 2.26. The van der Waals surface area contributed by atoms with E-state index in [1.54, 1.807) is 19.9 Å². The Morgan fingerprint density at radius 1 is 0.867 bits per heavy atom. The Hall–Kier alpha value is -1.00. The number of hydrogen-bond donors (Lipinski definition) is 2. The van der Waals surface area contributed by atoms with Crippen LogP contribution in [0.15, 0.2) is 11.6 Å². The maximum atomic E-state index is 12.6. The predicted molar refractivity (Wildman–Crippen MR) is 127 cm³/mol. The minimum Gasteiger partial charge on any atom is -0.393 e. The lowest BCUT2D eigenvalue weighted by atomic mass is 9.78. The van der Waals surface area contributed by atoms with E-state index < -0.39 is 18.1 Å². The number of carbonyl (C=O) groups excluding carboxylic acids is 2. The highest BCUT2D eigenvalue weighted by Crippen LogP contribution is 2.29. The molecule has 0 aromatic heterocycles. The normalized spacial score (nSPS) is 18.4. The molecule has 4 heteroatoms. The summed E-state index contributed by atoms with van der Waals surface area (Å²) in [5.74, 6) is 1.15. The zero-order valence-corrected chi connectivity index (χ0v) is 20.2. The van der Waals surface area contributed by atoms with Crippen LogP contribution in [0.3, 0.4) is 0 Å². The fourth-order valence-electron chi connectivity index (χ4n) is 3.79. The van der Waals surface area contributed by atoms with Crippen LogP contribution in [0.5, 0.6) is 0 Å². The van der Waals surface area contributed by atoms with Gasteiger partial charge in [-0.25, -0.2) is 0 Å². The van der Waals surface area contributed by atoms with Crippen LogP contribution in [-0.4, -0.2) is 34.0 Å². The van der Waals surface area contributed by atoms with Gasteiger partial charge in [0, 0.05) is 24.7 Å². The molecular weight excluding hydrogens is 376 g/mol. The molecule has 6 unspecified atom stereocenters. The van der Waals surface area contributed by atoms with E-state index in [1.807, 2.05) is 20.8 Å². The molecule has 0 radical (unpaired) electrons. The van der Waals surface area contributed by atoms with Gasteiger partial charge in [0.25, 0.3) is 0 Å². The maximum absolute atomic E-state index is 12.6. The number of allylic oxidation sites excluding steroid dienone is 1. The highest BCUT2D eigenvalue weighted by atomic mass is 16.3. The van der Waals surface area contributed by atoms with Gasteiger partial charge in [-0.05, 0) is 42.6 Å². The number of carbonyl (C=O) groups is 2. The SMILES string of the molecule is C.CCC(C)C(CC(O)CC(=O)C(C)/C=C(\C)C(O)CC(=O)C(C)C(C)C)C(C)C. The van der Waals surface area contributed by atoms with Crippen molar-refractivity contribution in [3.05, 3.63) is 11.6 Å². The first-order chi connectivity index (χ1) is 13.3. The molecule has 0 heterocycles. The quantitative estimate of drug-likeness (QED) is 0.342. The second-order valence-electron chi connectivity index (χ2n) is 9.77. The second-order valence-corrected chi connectivity index (χ2v) is 9.77. The average Bonchev–Trinajstić information content (AvgIpc) is 2.63. The summed E-state index contributed by atoms with van der Waals surface area (Å²) in [5.41, 5.74) is 0.643. The predicted octanol–water partition coefficient (Wildman–Crippen LogP) is 5.85. The summed E-state index contributed by atoms with van der Waals surface area (Å²) in [4.78, 5) is 24.8. The number of Topliss-reactive ketones (excluding diaryl/α,β-unsaturated/α-hetero) is 2. The molecule has 0 aromatic rings. The van der Waals surface area contributed by atoms with Crippen LogP contribution in [0, 0.1) is 35.5 Å². The Morgan fingerprint density at radius 2 is 1.40 bits per heavy atom. The molecule has 0 aliphatic carbocycles. The summed E-state index contributed by atoms with van der Waals surface area (Å²) < 4.78 is 0. The molecule has 0 rings (SSSR count). The lowest BCUT2D eigenvalue weighted by molar-refractivity contribution is -0.125.